The molecule has 0 fully saturated rings. The van der Waals surface area contributed by atoms with Crippen LogP contribution in [0.15, 0.2) is 53.4 Å². The fourth-order valence-corrected chi connectivity index (χ4v) is 3.42. The Morgan fingerprint density at radius 2 is 1.78 bits per heavy atom. The Hall–Kier alpha value is -2.38. The molecule has 2 aromatic carbocycles. The number of hydrogen-bond acceptors (Lipinski definition) is 4. The van der Waals surface area contributed by atoms with Crippen molar-refractivity contribution in [3.8, 4) is 0 Å². The molecule has 7 heteroatoms. The van der Waals surface area contributed by atoms with Gasteiger partial charge in [0.25, 0.3) is 10.0 Å². The van der Waals surface area contributed by atoms with Crippen LogP contribution in [0.1, 0.15) is 11.1 Å². The molecule has 0 spiro atoms. The number of rotatable bonds is 6. The zero-order valence-corrected chi connectivity index (χ0v) is 13.4. The van der Waals surface area contributed by atoms with Crippen LogP contribution in [0.2, 0.25) is 0 Å². The monoisotopic (exact) mass is 334 g/mol. The van der Waals surface area contributed by atoms with Crippen molar-refractivity contribution in [1.29, 1.82) is 0 Å². The first-order chi connectivity index (χ1) is 10.8. The van der Waals surface area contributed by atoms with Crippen molar-refractivity contribution in [2.75, 3.05) is 4.72 Å². The third kappa shape index (κ3) is 4.30. The van der Waals surface area contributed by atoms with Gasteiger partial charge in [-0.05, 0) is 42.7 Å². The highest BCUT2D eigenvalue weighted by molar-refractivity contribution is 7.92. The standard InChI is InChI=1S/C16H18N2O4S/c1-11-4-2-3-5-15(11)23(21,22)18-13-8-6-12(7-9-13)10-14(17)16(19)20/h2-9,14,18H,10,17H2,1H3,(H,19,20). The zero-order chi connectivity index (χ0) is 17.0. The van der Waals surface area contributed by atoms with Gasteiger partial charge in [-0.3, -0.25) is 9.52 Å². The fraction of sp³-hybridized carbons (Fsp3) is 0.188. The molecule has 0 amide bonds. The third-order valence-corrected chi connectivity index (χ3v) is 4.90. The van der Waals surface area contributed by atoms with Crippen LogP contribution in [0.3, 0.4) is 0 Å². The van der Waals surface area contributed by atoms with Crippen LogP contribution < -0.4 is 10.5 Å². The van der Waals surface area contributed by atoms with Crippen molar-refractivity contribution in [3.05, 3.63) is 59.7 Å². The molecule has 23 heavy (non-hydrogen) atoms. The van der Waals surface area contributed by atoms with Crippen LogP contribution in [0.25, 0.3) is 0 Å². The Labute approximate surface area is 135 Å². The molecule has 0 aliphatic rings. The predicted molar refractivity (Wildman–Crippen MR) is 87.7 cm³/mol. The summed E-state index contributed by atoms with van der Waals surface area (Å²) in [5, 5.41) is 8.79. The Bertz CT molecular complexity index is 801. The van der Waals surface area contributed by atoms with Gasteiger partial charge in [0.15, 0.2) is 0 Å². The van der Waals surface area contributed by atoms with Crippen LogP contribution in [0.5, 0.6) is 0 Å². The maximum atomic E-state index is 12.4. The lowest BCUT2D eigenvalue weighted by atomic mass is 10.1. The molecule has 1 unspecified atom stereocenters. The molecular weight excluding hydrogens is 316 g/mol. The van der Waals surface area contributed by atoms with E-state index in [1.54, 1.807) is 49.4 Å². The van der Waals surface area contributed by atoms with Gasteiger partial charge in [0.2, 0.25) is 0 Å². The number of carbonyl (C=O) groups is 1. The van der Waals surface area contributed by atoms with Crippen LogP contribution in [-0.2, 0) is 21.2 Å². The highest BCUT2D eigenvalue weighted by atomic mass is 32.2. The van der Waals surface area contributed by atoms with Crippen molar-refractivity contribution in [2.45, 2.75) is 24.3 Å². The molecule has 0 saturated carbocycles. The molecule has 0 heterocycles. The van der Waals surface area contributed by atoms with Crippen LogP contribution >= 0.6 is 0 Å². The molecule has 0 aromatic heterocycles. The minimum atomic E-state index is -3.66. The van der Waals surface area contributed by atoms with E-state index in [4.69, 9.17) is 10.8 Å². The number of benzene rings is 2. The lowest BCUT2D eigenvalue weighted by Crippen LogP contribution is -2.32. The first-order valence-corrected chi connectivity index (χ1v) is 8.44. The number of aryl methyl sites for hydroxylation is 1. The number of nitrogens with two attached hydrogens (primary N) is 1. The summed E-state index contributed by atoms with van der Waals surface area (Å²) >= 11 is 0. The summed E-state index contributed by atoms with van der Waals surface area (Å²) in [5.74, 6) is -1.07. The van der Waals surface area contributed by atoms with Gasteiger partial charge in [0.1, 0.15) is 6.04 Å². The Morgan fingerprint density at radius 3 is 2.35 bits per heavy atom. The highest BCUT2D eigenvalue weighted by Crippen LogP contribution is 2.19. The highest BCUT2D eigenvalue weighted by Gasteiger charge is 2.16. The van der Waals surface area contributed by atoms with Gasteiger partial charge in [-0.1, -0.05) is 30.3 Å². The number of hydrogen-bond donors (Lipinski definition) is 3. The van der Waals surface area contributed by atoms with E-state index in [1.807, 2.05) is 0 Å². The van der Waals surface area contributed by atoms with Crippen molar-refractivity contribution >= 4 is 21.7 Å². The molecule has 6 nitrogen and oxygen atoms in total. The van der Waals surface area contributed by atoms with Gasteiger partial charge < -0.3 is 10.8 Å². The van der Waals surface area contributed by atoms with Gasteiger partial charge in [-0.2, -0.15) is 0 Å². The molecular formula is C16H18N2O4S. The van der Waals surface area contributed by atoms with Crippen molar-refractivity contribution < 1.29 is 18.3 Å². The lowest BCUT2D eigenvalue weighted by Gasteiger charge is -2.11. The summed E-state index contributed by atoms with van der Waals surface area (Å²) < 4.78 is 27.2. The average molecular weight is 334 g/mol. The van der Waals surface area contributed by atoms with E-state index in [0.29, 0.717) is 11.3 Å². The Balaban J connectivity index is 2.15. The number of carboxylic acids is 1. The van der Waals surface area contributed by atoms with Crippen LogP contribution in [0.4, 0.5) is 5.69 Å². The van der Waals surface area contributed by atoms with E-state index < -0.39 is 22.0 Å². The maximum Gasteiger partial charge on any atom is 0.320 e. The number of nitrogens with one attached hydrogen (secondary N) is 1. The SMILES string of the molecule is Cc1ccccc1S(=O)(=O)Nc1ccc(CC(N)C(=O)O)cc1. The van der Waals surface area contributed by atoms with Gasteiger partial charge in [0.05, 0.1) is 4.90 Å². The number of aliphatic carboxylic acids is 1. The molecule has 0 radical (unpaired) electrons. The lowest BCUT2D eigenvalue weighted by molar-refractivity contribution is -0.138. The normalized spacial score (nSPS) is 12.6. The van der Waals surface area contributed by atoms with E-state index in [9.17, 15) is 13.2 Å². The average Bonchev–Trinajstić information content (AvgIpc) is 2.49. The Kier molecular flexibility index (Phi) is 5.02. The first-order valence-electron chi connectivity index (χ1n) is 6.95. The topological polar surface area (TPSA) is 109 Å². The molecule has 122 valence electrons. The second kappa shape index (κ2) is 6.80. The minimum Gasteiger partial charge on any atom is -0.480 e. The second-order valence-electron chi connectivity index (χ2n) is 5.22. The first kappa shape index (κ1) is 17.0. The minimum absolute atomic E-state index is 0.181. The van der Waals surface area contributed by atoms with E-state index >= 15 is 0 Å². The van der Waals surface area contributed by atoms with E-state index in [1.165, 1.54) is 6.07 Å². The quantitative estimate of drug-likeness (QED) is 0.745. The van der Waals surface area contributed by atoms with Crippen molar-refractivity contribution in [1.82, 2.24) is 0 Å². The smallest absolute Gasteiger partial charge is 0.320 e. The molecule has 0 bridgehead atoms. The van der Waals surface area contributed by atoms with Gasteiger partial charge >= 0.3 is 5.97 Å². The summed E-state index contributed by atoms with van der Waals surface area (Å²) in [6.45, 7) is 1.73. The molecule has 0 aliphatic carbocycles. The summed E-state index contributed by atoms with van der Waals surface area (Å²) in [5.41, 5.74) is 7.25. The van der Waals surface area contributed by atoms with Crippen molar-refractivity contribution in [3.63, 3.8) is 0 Å². The second-order valence-corrected chi connectivity index (χ2v) is 6.87. The molecule has 4 N–H and O–H groups in total. The summed E-state index contributed by atoms with van der Waals surface area (Å²) in [7, 11) is -3.66. The Morgan fingerprint density at radius 1 is 1.17 bits per heavy atom. The molecule has 0 aliphatic heterocycles. The summed E-state index contributed by atoms with van der Waals surface area (Å²) in [4.78, 5) is 10.9. The van der Waals surface area contributed by atoms with Gasteiger partial charge in [-0.15, -0.1) is 0 Å². The zero-order valence-electron chi connectivity index (χ0n) is 12.6. The molecule has 0 saturated heterocycles. The largest absolute Gasteiger partial charge is 0.480 e. The van der Waals surface area contributed by atoms with Crippen LogP contribution in [0, 0.1) is 6.92 Å². The molecule has 2 aromatic rings. The van der Waals surface area contributed by atoms with Crippen molar-refractivity contribution in [2.24, 2.45) is 5.73 Å². The molecule has 2 rings (SSSR count). The molecule has 1 atom stereocenters. The van der Waals surface area contributed by atoms with Gasteiger partial charge in [-0.25, -0.2) is 8.42 Å². The predicted octanol–water partition coefficient (Wildman–Crippen LogP) is 1.75. The number of sulfonamides is 1. The maximum absolute atomic E-state index is 12.4. The van der Waals surface area contributed by atoms with E-state index in [0.717, 1.165) is 5.56 Å². The number of anilines is 1. The third-order valence-electron chi connectivity index (χ3n) is 3.36. The van der Waals surface area contributed by atoms with Crippen LogP contribution in [-0.4, -0.2) is 25.5 Å². The van der Waals surface area contributed by atoms with Gasteiger partial charge in [0, 0.05) is 5.69 Å². The summed E-state index contributed by atoms with van der Waals surface area (Å²) in [6, 6.07) is 12.2. The fourth-order valence-electron chi connectivity index (χ4n) is 2.12. The van der Waals surface area contributed by atoms with E-state index in [-0.39, 0.29) is 11.3 Å². The van der Waals surface area contributed by atoms with E-state index in [2.05, 4.69) is 4.72 Å². The number of carboxylic acid groups (broad SMARTS) is 1. The summed E-state index contributed by atoms with van der Waals surface area (Å²) in [6.07, 6.45) is 0.181.